The Labute approximate surface area is 182 Å². The Morgan fingerprint density at radius 2 is 1.97 bits per heavy atom. The Balaban J connectivity index is 1.26. The Kier molecular flexibility index (Phi) is 6.79. The smallest absolute Gasteiger partial charge is 0.227 e. The van der Waals surface area contributed by atoms with Gasteiger partial charge >= 0.3 is 0 Å². The maximum atomic E-state index is 13.3. The van der Waals surface area contributed by atoms with Gasteiger partial charge in [-0.1, -0.05) is 12.1 Å². The summed E-state index contributed by atoms with van der Waals surface area (Å²) in [4.78, 5) is 33.4. The van der Waals surface area contributed by atoms with E-state index in [4.69, 9.17) is 4.74 Å². The number of hydrogen-bond donors (Lipinski definition) is 0. The summed E-state index contributed by atoms with van der Waals surface area (Å²) in [5, 5.41) is 0. The van der Waals surface area contributed by atoms with Crippen LogP contribution in [0.2, 0.25) is 0 Å². The van der Waals surface area contributed by atoms with Gasteiger partial charge in [-0.3, -0.25) is 14.6 Å². The van der Waals surface area contributed by atoms with Gasteiger partial charge in [0.05, 0.1) is 5.92 Å². The fourth-order valence-corrected chi connectivity index (χ4v) is 4.31. The third-order valence-corrected chi connectivity index (χ3v) is 6.07. The molecule has 0 spiro atoms. The van der Waals surface area contributed by atoms with Crippen molar-refractivity contribution in [2.45, 2.75) is 38.2 Å². The molecule has 7 heteroatoms. The SMILES string of the molecule is O=C1CCC(C(=O)N2CCC(Oc3cccc(F)c3)CC2)CN1CCc1ccccn1. The zero-order valence-corrected chi connectivity index (χ0v) is 17.6. The Morgan fingerprint density at radius 1 is 1.13 bits per heavy atom. The van der Waals surface area contributed by atoms with E-state index in [1.54, 1.807) is 23.2 Å². The zero-order chi connectivity index (χ0) is 21.6. The van der Waals surface area contributed by atoms with Crippen molar-refractivity contribution in [3.63, 3.8) is 0 Å². The van der Waals surface area contributed by atoms with Crippen molar-refractivity contribution in [3.8, 4) is 5.75 Å². The molecule has 1 aromatic carbocycles. The summed E-state index contributed by atoms with van der Waals surface area (Å²) >= 11 is 0. The minimum atomic E-state index is -0.315. The molecular weight excluding hydrogens is 397 g/mol. The summed E-state index contributed by atoms with van der Waals surface area (Å²) in [6.07, 6.45) is 4.88. The first-order valence-electron chi connectivity index (χ1n) is 11.0. The van der Waals surface area contributed by atoms with Crippen LogP contribution in [0.5, 0.6) is 5.75 Å². The molecule has 0 radical (unpaired) electrons. The Morgan fingerprint density at radius 3 is 2.71 bits per heavy atom. The van der Waals surface area contributed by atoms with Crippen LogP contribution in [0.3, 0.4) is 0 Å². The molecule has 2 amide bonds. The van der Waals surface area contributed by atoms with E-state index in [1.165, 1.54) is 12.1 Å². The number of benzene rings is 1. The third-order valence-electron chi connectivity index (χ3n) is 6.07. The molecule has 1 aromatic heterocycles. The lowest BCUT2D eigenvalue weighted by atomic mass is 9.94. The second-order valence-corrected chi connectivity index (χ2v) is 8.25. The summed E-state index contributed by atoms with van der Waals surface area (Å²) in [7, 11) is 0. The quantitative estimate of drug-likeness (QED) is 0.714. The molecule has 6 nitrogen and oxygen atoms in total. The maximum Gasteiger partial charge on any atom is 0.227 e. The Hall–Kier alpha value is -2.96. The van der Waals surface area contributed by atoms with Crippen LogP contribution in [0.15, 0.2) is 48.7 Å². The molecule has 2 aliphatic heterocycles. The molecule has 31 heavy (non-hydrogen) atoms. The summed E-state index contributed by atoms with van der Waals surface area (Å²) in [6.45, 7) is 2.31. The lowest BCUT2D eigenvalue weighted by Crippen LogP contribution is -2.50. The minimum absolute atomic E-state index is 0.0198. The molecule has 1 atom stereocenters. The molecule has 3 heterocycles. The largest absolute Gasteiger partial charge is 0.490 e. The second-order valence-electron chi connectivity index (χ2n) is 8.25. The summed E-state index contributed by atoms with van der Waals surface area (Å²) in [5.41, 5.74) is 0.948. The van der Waals surface area contributed by atoms with E-state index < -0.39 is 0 Å². The number of pyridine rings is 1. The van der Waals surface area contributed by atoms with Gasteiger partial charge in [0.2, 0.25) is 11.8 Å². The standard InChI is InChI=1S/C24H28FN3O3/c25-19-4-3-6-22(16-19)31-21-10-14-27(15-11-21)24(30)18-7-8-23(29)28(17-18)13-9-20-5-1-2-12-26-20/h1-6,12,16,18,21H,7-11,13-15,17H2. The number of nitrogens with zero attached hydrogens (tertiary/aromatic N) is 3. The number of likely N-dealkylation sites (tertiary alicyclic amines) is 2. The van der Waals surface area contributed by atoms with Crippen LogP contribution in [0, 0.1) is 11.7 Å². The molecule has 4 rings (SSSR count). The minimum Gasteiger partial charge on any atom is -0.490 e. The molecule has 0 aliphatic carbocycles. The zero-order valence-electron chi connectivity index (χ0n) is 17.6. The summed E-state index contributed by atoms with van der Waals surface area (Å²) < 4.78 is 19.2. The van der Waals surface area contributed by atoms with Crippen LogP contribution in [0.25, 0.3) is 0 Å². The molecule has 2 aliphatic rings. The number of rotatable bonds is 6. The van der Waals surface area contributed by atoms with Crippen LogP contribution in [0.4, 0.5) is 4.39 Å². The fourth-order valence-electron chi connectivity index (χ4n) is 4.31. The molecule has 2 fully saturated rings. The van der Waals surface area contributed by atoms with Crippen molar-refractivity contribution >= 4 is 11.8 Å². The van der Waals surface area contributed by atoms with Gasteiger partial charge in [0.25, 0.3) is 0 Å². The van der Waals surface area contributed by atoms with Crippen molar-refractivity contribution < 1.29 is 18.7 Å². The van der Waals surface area contributed by atoms with Crippen molar-refractivity contribution in [3.05, 3.63) is 60.2 Å². The van der Waals surface area contributed by atoms with E-state index in [9.17, 15) is 14.0 Å². The number of ether oxygens (including phenoxy) is 1. The van der Waals surface area contributed by atoms with Gasteiger partial charge in [0.15, 0.2) is 0 Å². The highest BCUT2D eigenvalue weighted by molar-refractivity contribution is 5.84. The monoisotopic (exact) mass is 425 g/mol. The summed E-state index contributed by atoms with van der Waals surface area (Å²) in [6, 6.07) is 11.9. The molecule has 1 unspecified atom stereocenters. The number of piperidine rings is 2. The normalized spacial score (nSPS) is 20.0. The average Bonchev–Trinajstić information content (AvgIpc) is 2.79. The molecule has 2 aromatic rings. The van der Waals surface area contributed by atoms with Gasteiger partial charge in [-0.25, -0.2) is 4.39 Å². The first kappa shape index (κ1) is 21.3. The number of hydrogen-bond acceptors (Lipinski definition) is 4. The van der Waals surface area contributed by atoms with Crippen molar-refractivity contribution in [1.29, 1.82) is 0 Å². The number of aromatic nitrogens is 1. The van der Waals surface area contributed by atoms with Crippen LogP contribution in [-0.2, 0) is 16.0 Å². The maximum absolute atomic E-state index is 13.3. The molecule has 164 valence electrons. The average molecular weight is 426 g/mol. The topological polar surface area (TPSA) is 62.7 Å². The van der Waals surface area contributed by atoms with Gasteiger partial charge in [0.1, 0.15) is 17.7 Å². The third kappa shape index (κ3) is 5.60. The Bertz CT molecular complexity index is 900. The van der Waals surface area contributed by atoms with Gasteiger partial charge < -0.3 is 14.5 Å². The summed E-state index contributed by atoms with van der Waals surface area (Å²) in [5.74, 6) is 0.299. The fraction of sp³-hybridized carbons (Fsp3) is 0.458. The van der Waals surface area contributed by atoms with E-state index in [1.807, 2.05) is 23.1 Å². The highest BCUT2D eigenvalue weighted by Crippen LogP contribution is 2.24. The molecule has 0 N–H and O–H groups in total. The lowest BCUT2D eigenvalue weighted by Gasteiger charge is -2.37. The number of halogens is 1. The van der Waals surface area contributed by atoms with E-state index in [2.05, 4.69) is 4.98 Å². The van der Waals surface area contributed by atoms with E-state index >= 15 is 0 Å². The first-order valence-corrected chi connectivity index (χ1v) is 11.0. The molecule has 0 bridgehead atoms. The number of carbonyl (C=O) groups is 2. The lowest BCUT2D eigenvalue weighted by molar-refractivity contribution is -0.144. The van der Waals surface area contributed by atoms with E-state index in [0.29, 0.717) is 51.2 Å². The van der Waals surface area contributed by atoms with Crippen molar-refractivity contribution in [2.24, 2.45) is 5.92 Å². The first-order chi connectivity index (χ1) is 15.1. The van der Waals surface area contributed by atoms with Crippen molar-refractivity contribution in [2.75, 3.05) is 26.2 Å². The van der Waals surface area contributed by atoms with E-state index in [0.717, 1.165) is 18.5 Å². The molecule has 2 saturated heterocycles. The highest BCUT2D eigenvalue weighted by atomic mass is 19.1. The number of amides is 2. The second kappa shape index (κ2) is 9.90. The van der Waals surface area contributed by atoms with Crippen LogP contribution < -0.4 is 4.74 Å². The molecule has 0 saturated carbocycles. The predicted octanol–water partition coefficient (Wildman–Crippen LogP) is 3.07. The van der Waals surface area contributed by atoms with Crippen LogP contribution in [0.1, 0.15) is 31.4 Å². The van der Waals surface area contributed by atoms with Crippen molar-refractivity contribution in [1.82, 2.24) is 14.8 Å². The van der Waals surface area contributed by atoms with Gasteiger partial charge in [-0.05, 0) is 30.7 Å². The molecular formula is C24H28FN3O3. The van der Waals surface area contributed by atoms with Gasteiger partial charge in [0, 0.05) is 69.8 Å². The highest BCUT2D eigenvalue weighted by Gasteiger charge is 2.34. The van der Waals surface area contributed by atoms with Crippen LogP contribution in [-0.4, -0.2) is 58.9 Å². The van der Waals surface area contributed by atoms with E-state index in [-0.39, 0.29) is 29.7 Å². The predicted molar refractivity (Wildman–Crippen MR) is 114 cm³/mol. The van der Waals surface area contributed by atoms with Gasteiger partial charge in [-0.15, -0.1) is 0 Å². The van der Waals surface area contributed by atoms with Gasteiger partial charge in [-0.2, -0.15) is 0 Å². The van der Waals surface area contributed by atoms with Crippen LogP contribution >= 0.6 is 0 Å². The number of carbonyl (C=O) groups excluding carboxylic acids is 2.